The number of hydrogen-bond donors (Lipinski definition) is 1. The Kier molecular flexibility index (Phi) is 7.16. The fraction of sp³-hybridized carbons (Fsp3) is 0.217. The van der Waals surface area contributed by atoms with Crippen molar-refractivity contribution in [1.82, 2.24) is 10.5 Å². The van der Waals surface area contributed by atoms with E-state index in [0.717, 1.165) is 16.9 Å². The zero-order valence-electron chi connectivity index (χ0n) is 17.8. The zero-order chi connectivity index (χ0) is 22.2. The Labute approximate surface area is 180 Å². The maximum Gasteiger partial charge on any atom is 0.244 e. The predicted octanol–water partition coefficient (Wildman–Crippen LogP) is 3.71. The first-order valence-electron chi connectivity index (χ1n) is 9.44. The van der Waals surface area contributed by atoms with Gasteiger partial charge in [-0.1, -0.05) is 5.16 Å². The van der Waals surface area contributed by atoms with Crippen molar-refractivity contribution in [2.24, 2.45) is 0 Å². The molecule has 0 aliphatic carbocycles. The van der Waals surface area contributed by atoms with Gasteiger partial charge in [0.05, 0.1) is 35.0 Å². The average molecular weight is 424 g/mol. The molecule has 0 bridgehead atoms. The van der Waals surface area contributed by atoms with Gasteiger partial charge in [0.1, 0.15) is 11.4 Å². The van der Waals surface area contributed by atoms with Crippen molar-refractivity contribution in [2.75, 3.05) is 28.4 Å². The van der Waals surface area contributed by atoms with Gasteiger partial charge in [-0.2, -0.15) is 0 Å². The number of nitrogens with zero attached hydrogens (tertiary/aromatic N) is 1. The standard InChI is InChI=1S/C23H24N2O6/c1-27-18-8-6-16(7-9-18)19-13-17(25-31-19)14-24-22(26)10-5-15-11-20(28-2)23(30-4)21(12-15)29-3/h5-13H,14H2,1-4H3,(H,24,26)/b10-5+. The highest BCUT2D eigenvalue weighted by molar-refractivity contribution is 5.91. The minimum absolute atomic E-state index is 0.234. The van der Waals surface area contributed by atoms with E-state index in [0.29, 0.717) is 28.7 Å². The first kappa shape index (κ1) is 21.8. The number of methoxy groups -OCH3 is 4. The number of aromatic nitrogens is 1. The average Bonchev–Trinajstić information content (AvgIpc) is 3.29. The number of amides is 1. The molecule has 0 spiro atoms. The van der Waals surface area contributed by atoms with Crippen LogP contribution in [-0.4, -0.2) is 39.5 Å². The van der Waals surface area contributed by atoms with Gasteiger partial charge in [-0.3, -0.25) is 4.79 Å². The fourth-order valence-corrected chi connectivity index (χ4v) is 2.89. The molecule has 8 heteroatoms. The van der Waals surface area contributed by atoms with Gasteiger partial charge < -0.3 is 28.8 Å². The van der Waals surface area contributed by atoms with Gasteiger partial charge in [-0.05, 0) is 48.0 Å². The molecule has 0 aliphatic heterocycles. The molecule has 0 fully saturated rings. The molecule has 31 heavy (non-hydrogen) atoms. The van der Waals surface area contributed by atoms with E-state index >= 15 is 0 Å². The molecule has 0 saturated carbocycles. The van der Waals surface area contributed by atoms with E-state index < -0.39 is 0 Å². The molecule has 1 heterocycles. The van der Waals surface area contributed by atoms with Gasteiger partial charge in [-0.25, -0.2) is 0 Å². The number of carbonyl (C=O) groups is 1. The van der Waals surface area contributed by atoms with E-state index in [1.807, 2.05) is 24.3 Å². The molecule has 0 saturated heterocycles. The Hall–Kier alpha value is -3.94. The molecule has 1 aromatic heterocycles. The number of rotatable bonds is 9. The van der Waals surface area contributed by atoms with Gasteiger partial charge in [0, 0.05) is 17.7 Å². The van der Waals surface area contributed by atoms with Crippen LogP contribution in [-0.2, 0) is 11.3 Å². The maximum atomic E-state index is 12.2. The van der Waals surface area contributed by atoms with Crippen LogP contribution in [0, 0.1) is 0 Å². The summed E-state index contributed by atoms with van der Waals surface area (Å²) in [5.41, 5.74) is 2.21. The van der Waals surface area contributed by atoms with Crippen LogP contribution >= 0.6 is 0 Å². The summed E-state index contributed by atoms with van der Waals surface area (Å²) in [5.74, 6) is 2.61. The van der Waals surface area contributed by atoms with Crippen molar-refractivity contribution in [2.45, 2.75) is 6.54 Å². The molecule has 2 aromatic carbocycles. The van der Waals surface area contributed by atoms with Gasteiger partial charge in [0.25, 0.3) is 0 Å². The monoisotopic (exact) mass is 424 g/mol. The van der Waals surface area contributed by atoms with E-state index in [1.54, 1.807) is 31.4 Å². The van der Waals surface area contributed by atoms with Crippen LogP contribution in [0.3, 0.4) is 0 Å². The molecule has 0 atom stereocenters. The van der Waals surface area contributed by atoms with Crippen LogP contribution in [0.5, 0.6) is 23.0 Å². The van der Waals surface area contributed by atoms with Crippen molar-refractivity contribution in [3.63, 3.8) is 0 Å². The quantitative estimate of drug-likeness (QED) is 0.524. The summed E-state index contributed by atoms with van der Waals surface area (Å²) < 4.78 is 26.4. The van der Waals surface area contributed by atoms with Crippen molar-refractivity contribution in [3.8, 4) is 34.3 Å². The van der Waals surface area contributed by atoms with E-state index in [9.17, 15) is 4.79 Å². The lowest BCUT2D eigenvalue weighted by Crippen LogP contribution is -2.20. The summed E-state index contributed by atoms with van der Waals surface area (Å²) in [6, 6.07) is 12.7. The van der Waals surface area contributed by atoms with Gasteiger partial charge in [-0.15, -0.1) is 0 Å². The fourth-order valence-electron chi connectivity index (χ4n) is 2.89. The smallest absolute Gasteiger partial charge is 0.244 e. The highest BCUT2D eigenvalue weighted by atomic mass is 16.5. The SMILES string of the molecule is COc1ccc(-c2cc(CNC(=O)/C=C/c3cc(OC)c(OC)c(OC)c3)no2)cc1. The van der Waals surface area contributed by atoms with E-state index in [-0.39, 0.29) is 12.5 Å². The third-order valence-electron chi connectivity index (χ3n) is 4.49. The van der Waals surface area contributed by atoms with Crippen LogP contribution in [0.2, 0.25) is 0 Å². The molecule has 0 aliphatic rings. The Balaban J connectivity index is 1.61. The Morgan fingerprint density at radius 1 is 0.968 bits per heavy atom. The summed E-state index contributed by atoms with van der Waals surface area (Å²) in [6.07, 6.45) is 3.08. The third-order valence-corrected chi connectivity index (χ3v) is 4.49. The second-order valence-corrected chi connectivity index (χ2v) is 6.42. The number of ether oxygens (including phenoxy) is 4. The van der Waals surface area contributed by atoms with Crippen LogP contribution in [0.4, 0.5) is 0 Å². The molecule has 1 amide bonds. The predicted molar refractivity (Wildman–Crippen MR) is 115 cm³/mol. The first-order valence-corrected chi connectivity index (χ1v) is 9.44. The van der Waals surface area contributed by atoms with E-state index in [1.165, 1.54) is 27.4 Å². The highest BCUT2D eigenvalue weighted by Gasteiger charge is 2.12. The minimum Gasteiger partial charge on any atom is -0.497 e. The van der Waals surface area contributed by atoms with Crippen molar-refractivity contribution in [1.29, 1.82) is 0 Å². The number of hydrogen-bond acceptors (Lipinski definition) is 7. The van der Waals surface area contributed by atoms with Gasteiger partial charge >= 0.3 is 0 Å². The van der Waals surface area contributed by atoms with Crippen LogP contribution in [0.1, 0.15) is 11.3 Å². The molecule has 3 rings (SSSR count). The van der Waals surface area contributed by atoms with E-state index in [4.69, 9.17) is 23.5 Å². The lowest BCUT2D eigenvalue weighted by molar-refractivity contribution is -0.116. The zero-order valence-corrected chi connectivity index (χ0v) is 17.8. The normalized spacial score (nSPS) is 10.7. The summed E-state index contributed by atoms with van der Waals surface area (Å²) in [6.45, 7) is 0.234. The van der Waals surface area contributed by atoms with Crippen LogP contribution < -0.4 is 24.3 Å². The number of benzene rings is 2. The van der Waals surface area contributed by atoms with Crippen molar-refractivity contribution >= 4 is 12.0 Å². The lowest BCUT2D eigenvalue weighted by atomic mass is 10.1. The van der Waals surface area contributed by atoms with Crippen molar-refractivity contribution < 1.29 is 28.3 Å². The Bertz CT molecular complexity index is 1030. The minimum atomic E-state index is -0.275. The second kappa shape index (κ2) is 10.2. The lowest BCUT2D eigenvalue weighted by Gasteiger charge is -2.12. The molecule has 0 unspecified atom stereocenters. The van der Waals surface area contributed by atoms with Crippen LogP contribution in [0.25, 0.3) is 17.4 Å². The first-order chi connectivity index (χ1) is 15.1. The summed E-state index contributed by atoms with van der Waals surface area (Å²) in [7, 11) is 6.22. The summed E-state index contributed by atoms with van der Waals surface area (Å²) >= 11 is 0. The molecule has 8 nitrogen and oxygen atoms in total. The second-order valence-electron chi connectivity index (χ2n) is 6.42. The summed E-state index contributed by atoms with van der Waals surface area (Å²) in [5, 5.41) is 6.77. The van der Waals surface area contributed by atoms with Crippen molar-refractivity contribution in [3.05, 3.63) is 59.8 Å². The topological polar surface area (TPSA) is 92.1 Å². The maximum absolute atomic E-state index is 12.2. The largest absolute Gasteiger partial charge is 0.497 e. The molecule has 3 aromatic rings. The number of nitrogens with one attached hydrogen (secondary N) is 1. The van der Waals surface area contributed by atoms with Crippen LogP contribution in [0.15, 0.2) is 53.1 Å². The van der Waals surface area contributed by atoms with E-state index in [2.05, 4.69) is 10.5 Å². The molecule has 1 N–H and O–H groups in total. The molecular weight excluding hydrogens is 400 g/mol. The van der Waals surface area contributed by atoms with Gasteiger partial charge in [0.15, 0.2) is 17.3 Å². The molecule has 162 valence electrons. The third kappa shape index (κ3) is 5.36. The Morgan fingerprint density at radius 3 is 2.23 bits per heavy atom. The number of carbonyl (C=O) groups excluding carboxylic acids is 1. The Morgan fingerprint density at radius 2 is 1.65 bits per heavy atom. The summed E-state index contributed by atoms with van der Waals surface area (Å²) in [4.78, 5) is 12.2. The van der Waals surface area contributed by atoms with Gasteiger partial charge in [0.2, 0.25) is 11.7 Å². The molecule has 0 radical (unpaired) electrons. The highest BCUT2D eigenvalue weighted by Crippen LogP contribution is 2.38. The molecular formula is C23H24N2O6.